The van der Waals surface area contributed by atoms with E-state index in [1.165, 1.54) is 0 Å². The van der Waals surface area contributed by atoms with E-state index in [0.717, 1.165) is 0 Å². The number of halogens is 3. The van der Waals surface area contributed by atoms with Crippen molar-refractivity contribution < 1.29 is 26.9 Å². The molecule has 0 radical (unpaired) electrons. The second-order valence-electron chi connectivity index (χ2n) is 4.24. The number of carbonyl (C=O) groups is 1. The molecule has 0 saturated carbocycles. The highest BCUT2D eigenvalue weighted by molar-refractivity contribution is 7.85. The number of esters is 1. The highest BCUT2D eigenvalue weighted by atomic mass is 32.2. The molecule has 1 atom stereocenters. The van der Waals surface area contributed by atoms with Gasteiger partial charge in [-0.05, 0) is 20.8 Å². The summed E-state index contributed by atoms with van der Waals surface area (Å²) in [6, 6.07) is 0. The van der Waals surface area contributed by atoms with E-state index in [1.54, 1.807) is 20.8 Å². The maximum atomic E-state index is 11.8. The van der Waals surface area contributed by atoms with Crippen LogP contribution in [0.15, 0.2) is 0 Å². The van der Waals surface area contributed by atoms with Gasteiger partial charge in [-0.25, -0.2) is 0 Å². The zero-order valence-corrected chi connectivity index (χ0v) is 10.2. The normalized spacial score (nSPS) is 14.6. The fraction of sp³-hybridized carbons (Fsp3) is 0.889. The summed E-state index contributed by atoms with van der Waals surface area (Å²) in [5, 5.41) is 0. The predicted octanol–water partition coefficient (Wildman–Crippen LogP) is 2.03. The van der Waals surface area contributed by atoms with Crippen LogP contribution in [0.25, 0.3) is 0 Å². The number of rotatable bonds is 4. The second kappa shape index (κ2) is 5.65. The van der Waals surface area contributed by atoms with E-state index in [4.69, 9.17) is 4.74 Å². The third-order valence-corrected chi connectivity index (χ3v) is 2.53. The Morgan fingerprint density at radius 3 is 2.12 bits per heavy atom. The molecule has 16 heavy (non-hydrogen) atoms. The molecule has 1 unspecified atom stereocenters. The Kier molecular flexibility index (Phi) is 5.44. The molecule has 0 aromatic heterocycles. The SMILES string of the molecule is CC(C)(C)OC(=O)CS(=O)CCC(F)(F)F. The lowest BCUT2D eigenvalue weighted by Crippen LogP contribution is -2.28. The van der Waals surface area contributed by atoms with Crippen molar-refractivity contribution in [3.8, 4) is 0 Å². The van der Waals surface area contributed by atoms with Gasteiger partial charge in [-0.2, -0.15) is 13.2 Å². The molecule has 0 aliphatic rings. The highest BCUT2D eigenvalue weighted by Crippen LogP contribution is 2.19. The molecule has 0 heterocycles. The maximum Gasteiger partial charge on any atom is 0.390 e. The minimum atomic E-state index is -4.34. The summed E-state index contributed by atoms with van der Waals surface area (Å²) < 4.78 is 51.2. The summed E-state index contributed by atoms with van der Waals surface area (Å²) >= 11 is 0. The van der Waals surface area contributed by atoms with E-state index < -0.39 is 46.5 Å². The standard InChI is InChI=1S/C9H15F3O3S/c1-8(2,3)15-7(13)6-16(14)5-4-9(10,11)12/h4-6H2,1-3H3. The molecule has 0 rings (SSSR count). The largest absolute Gasteiger partial charge is 0.459 e. The molecular formula is C9H15F3O3S. The Balaban J connectivity index is 3.93. The maximum absolute atomic E-state index is 11.8. The second-order valence-corrected chi connectivity index (χ2v) is 5.82. The molecule has 0 spiro atoms. The van der Waals surface area contributed by atoms with Crippen molar-refractivity contribution in [2.24, 2.45) is 0 Å². The minimum Gasteiger partial charge on any atom is -0.459 e. The predicted molar refractivity (Wildman–Crippen MR) is 54.4 cm³/mol. The third kappa shape index (κ3) is 9.95. The van der Waals surface area contributed by atoms with Crippen LogP contribution < -0.4 is 0 Å². The molecular weight excluding hydrogens is 245 g/mol. The zero-order chi connectivity index (χ0) is 13.0. The summed E-state index contributed by atoms with van der Waals surface area (Å²) in [4.78, 5) is 11.1. The van der Waals surface area contributed by atoms with Crippen LogP contribution in [0, 0.1) is 0 Å². The average Bonchev–Trinajstić information content (AvgIpc) is 1.95. The molecule has 0 fully saturated rings. The van der Waals surface area contributed by atoms with Crippen LogP contribution in [0.5, 0.6) is 0 Å². The van der Waals surface area contributed by atoms with Gasteiger partial charge in [0.1, 0.15) is 11.4 Å². The zero-order valence-electron chi connectivity index (χ0n) is 9.39. The summed E-state index contributed by atoms with van der Waals surface area (Å²) in [6.45, 7) is 4.89. The lowest BCUT2D eigenvalue weighted by molar-refractivity contribution is -0.151. The summed E-state index contributed by atoms with van der Waals surface area (Å²) in [7, 11) is -1.83. The van der Waals surface area contributed by atoms with Crippen LogP contribution in [0.3, 0.4) is 0 Å². The van der Waals surface area contributed by atoms with Crippen LogP contribution in [-0.4, -0.2) is 33.5 Å². The summed E-state index contributed by atoms with van der Waals surface area (Å²) in [5.74, 6) is -1.80. The number of hydrogen-bond acceptors (Lipinski definition) is 3. The van der Waals surface area contributed by atoms with Gasteiger partial charge < -0.3 is 4.74 Å². The van der Waals surface area contributed by atoms with E-state index in [0.29, 0.717) is 0 Å². The summed E-state index contributed by atoms with van der Waals surface area (Å²) in [6.07, 6.45) is -5.49. The average molecular weight is 260 g/mol. The number of hydrogen-bond donors (Lipinski definition) is 0. The minimum absolute atomic E-state index is 0.493. The molecule has 0 amide bonds. The van der Waals surface area contributed by atoms with Gasteiger partial charge in [0.2, 0.25) is 0 Å². The van der Waals surface area contributed by atoms with Crippen molar-refractivity contribution in [1.29, 1.82) is 0 Å². The van der Waals surface area contributed by atoms with Gasteiger partial charge in [-0.3, -0.25) is 9.00 Å². The first-order chi connectivity index (χ1) is 6.99. The molecule has 0 aliphatic carbocycles. The monoisotopic (exact) mass is 260 g/mol. The Morgan fingerprint density at radius 2 is 1.75 bits per heavy atom. The van der Waals surface area contributed by atoms with Crippen molar-refractivity contribution in [2.75, 3.05) is 11.5 Å². The first-order valence-electron chi connectivity index (χ1n) is 4.63. The fourth-order valence-electron chi connectivity index (χ4n) is 0.804. The Labute approximate surface area is 94.8 Å². The van der Waals surface area contributed by atoms with Gasteiger partial charge in [0.25, 0.3) is 0 Å². The smallest absolute Gasteiger partial charge is 0.390 e. The van der Waals surface area contributed by atoms with Gasteiger partial charge in [-0.1, -0.05) is 0 Å². The van der Waals surface area contributed by atoms with Crippen molar-refractivity contribution in [1.82, 2.24) is 0 Å². The van der Waals surface area contributed by atoms with Gasteiger partial charge in [0.05, 0.1) is 6.42 Å². The van der Waals surface area contributed by atoms with Gasteiger partial charge in [0.15, 0.2) is 0 Å². The molecule has 0 bridgehead atoms. The van der Waals surface area contributed by atoms with Gasteiger partial charge >= 0.3 is 12.1 Å². The quantitative estimate of drug-likeness (QED) is 0.726. The van der Waals surface area contributed by atoms with Crippen molar-refractivity contribution in [2.45, 2.75) is 39.0 Å². The van der Waals surface area contributed by atoms with Crippen LogP contribution in [0.2, 0.25) is 0 Å². The molecule has 0 aromatic carbocycles. The van der Waals surface area contributed by atoms with Crippen LogP contribution in [-0.2, 0) is 20.3 Å². The fourth-order valence-corrected chi connectivity index (χ4v) is 1.73. The first kappa shape index (κ1) is 15.4. The van der Waals surface area contributed by atoms with Crippen molar-refractivity contribution in [3.63, 3.8) is 0 Å². The van der Waals surface area contributed by atoms with E-state index >= 15 is 0 Å². The van der Waals surface area contributed by atoms with Gasteiger partial charge in [0, 0.05) is 16.6 Å². The Morgan fingerprint density at radius 1 is 1.25 bits per heavy atom. The number of alkyl halides is 3. The van der Waals surface area contributed by atoms with E-state index in [2.05, 4.69) is 0 Å². The lowest BCUT2D eigenvalue weighted by atomic mass is 10.2. The van der Waals surface area contributed by atoms with E-state index in [1.807, 2.05) is 0 Å². The Bertz CT molecular complexity index is 268. The van der Waals surface area contributed by atoms with Crippen LogP contribution >= 0.6 is 0 Å². The Hall–Kier alpha value is -0.590. The topological polar surface area (TPSA) is 43.4 Å². The lowest BCUT2D eigenvalue weighted by Gasteiger charge is -2.19. The molecule has 0 aromatic rings. The van der Waals surface area contributed by atoms with E-state index in [-0.39, 0.29) is 0 Å². The molecule has 96 valence electrons. The van der Waals surface area contributed by atoms with E-state index in [9.17, 15) is 22.2 Å². The molecule has 0 aliphatic heterocycles. The highest BCUT2D eigenvalue weighted by Gasteiger charge is 2.28. The molecule has 0 N–H and O–H groups in total. The first-order valence-corrected chi connectivity index (χ1v) is 6.12. The van der Waals surface area contributed by atoms with Crippen molar-refractivity contribution >= 4 is 16.8 Å². The molecule has 7 heteroatoms. The number of ether oxygens (including phenoxy) is 1. The van der Waals surface area contributed by atoms with Crippen LogP contribution in [0.4, 0.5) is 13.2 Å². The van der Waals surface area contributed by atoms with Gasteiger partial charge in [-0.15, -0.1) is 0 Å². The molecule has 3 nitrogen and oxygen atoms in total. The third-order valence-electron chi connectivity index (χ3n) is 1.31. The van der Waals surface area contributed by atoms with Crippen molar-refractivity contribution in [3.05, 3.63) is 0 Å². The number of carbonyl (C=O) groups excluding carboxylic acids is 1. The summed E-state index contributed by atoms with van der Waals surface area (Å²) in [5.41, 5.74) is -0.717. The van der Waals surface area contributed by atoms with Crippen LogP contribution in [0.1, 0.15) is 27.2 Å². The molecule has 0 saturated heterocycles.